The van der Waals surface area contributed by atoms with Gasteiger partial charge in [0.05, 0.1) is 76.1 Å². The monoisotopic (exact) mass is 610 g/mol. The summed E-state index contributed by atoms with van der Waals surface area (Å²) in [5.74, 6) is 1.89. The Morgan fingerprint density at radius 3 is 1.56 bits per heavy atom. The first-order valence-corrected chi connectivity index (χ1v) is 12.9. The van der Waals surface area contributed by atoms with Crippen molar-refractivity contribution in [1.29, 1.82) is 0 Å². The number of hydrogen-bond donors (Lipinski definition) is 0. The van der Waals surface area contributed by atoms with Crippen molar-refractivity contribution in [2.45, 2.75) is 12.8 Å². The summed E-state index contributed by atoms with van der Waals surface area (Å²) in [6.45, 7) is 2.09. The highest BCUT2D eigenvalue weighted by Crippen LogP contribution is 2.30. The summed E-state index contributed by atoms with van der Waals surface area (Å²) in [5.41, 5.74) is 1.55. The molecule has 0 amide bonds. The van der Waals surface area contributed by atoms with Gasteiger partial charge in [0.25, 0.3) is 0 Å². The van der Waals surface area contributed by atoms with E-state index in [2.05, 4.69) is 21.1 Å². The van der Waals surface area contributed by atoms with Gasteiger partial charge in [-0.2, -0.15) is 0 Å². The molecule has 2 aromatic rings. The van der Waals surface area contributed by atoms with Crippen molar-refractivity contribution in [2.75, 3.05) is 76.4 Å². The summed E-state index contributed by atoms with van der Waals surface area (Å²) >= 11 is 0. The lowest BCUT2D eigenvalue weighted by Gasteiger charge is -2.24. The number of allylic oxidation sites excluding steroid dienone is 2. The average Bonchev–Trinajstić information content (AvgIpc) is 2.86. The number of hydrogen-bond acceptors (Lipinski definition) is 6. The molecular weight excluding hydrogens is 567 g/mol. The minimum absolute atomic E-state index is 0. The van der Waals surface area contributed by atoms with Crippen LogP contribution in [-0.2, 0) is 9.59 Å². The first kappa shape index (κ1) is 38.0. The quantitative estimate of drug-likeness (QED) is 0.0756. The van der Waals surface area contributed by atoms with Gasteiger partial charge in [0, 0.05) is 6.42 Å². The predicted octanol–water partition coefficient (Wildman–Crippen LogP) is -1.52. The Hall–Kier alpha value is -3.04. The van der Waals surface area contributed by atoms with Crippen molar-refractivity contribution < 1.29 is 62.3 Å². The van der Waals surface area contributed by atoms with Gasteiger partial charge in [0.15, 0.2) is 34.6 Å². The van der Waals surface area contributed by atoms with Crippen LogP contribution in [0.5, 0.6) is 23.0 Å². The Balaban J connectivity index is 0.00000800. The maximum Gasteiger partial charge on any atom is 0.223 e. The fourth-order valence-electron chi connectivity index (χ4n) is 3.47. The Labute approximate surface area is 257 Å². The normalized spacial score (nSPS) is 11.5. The topological polar surface area (TPSA) is 71.1 Å². The highest BCUT2D eigenvalue weighted by molar-refractivity contribution is 6.10. The number of carbonyl (C=O) groups is 2. The van der Waals surface area contributed by atoms with Gasteiger partial charge >= 0.3 is 0 Å². The third-order valence-electron chi connectivity index (χ3n) is 5.49. The number of benzene rings is 2. The molecule has 41 heavy (non-hydrogen) atoms. The molecule has 0 aromatic heterocycles. The third kappa shape index (κ3) is 15.0. The molecule has 0 N–H and O–H groups in total. The van der Waals surface area contributed by atoms with E-state index in [1.165, 1.54) is 12.2 Å². The van der Waals surface area contributed by atoms with Crippen LogP contribution < -0.4 is 43.8 Å². The molecule has 0 atom stereocenters. The van der Waals surface area contributed by atoms with Crippen LogP contribution in [0.1, 0.15) is 24.0 Å². The smallest absolute Gasteiger partial charge is 0.223 e. The van der Waals surface area contributed by atoms with Crippen molar-refractivity contribution in [1.82, 2.24) is 0 Å². The van der Waals surface area contributed by atoms with Crippen molar-refractivity contribution >= 4 is 23.7 Å². The number of carbonyl (C=O) groups excluding carboxylic acids is 2. The van der Waals surface area contributed by atoms with E-state index in [4.69, 9.17) is 18.9 Å². The lowest BCUT2D eigenvalue weighted by Crippen LogP contribution is -3.00. The molecular formula is C31H44Cl2N2O6. The molecule has 0 spiro atoms. The fraction of sp³-hybridized carbons (Fsp3) is 0.419. The zero-order valence-corrected chi connectivity index (χ0v) is 26.9. The molecule has 10 heteroatoms. The van der Waals surface area contributed by atoms with Crippen LogP contribution in [0, 0.1) is 0 Å². The molecule has 0 saturated heterocycles. The molecule has 2 rings (SSSR count). The lowest BCUT2D eigenvalue weighted by molar-refractivity contribution is -0.886. The summed E-state index contributed by atoms with van der Waals surface area (Å²) < 4.78 is 24.1. The van der Waals surface area contributed by atoms with Gasteiger partial charge in [-0.1, -0.05) is 24.3 Å². The minimum Gasteiger partial charge on any atom is -1.00 e. The first-order chi connectivity index (χ1) is 18.3. The lowest BCUT2D eigenvalue weighted by atomic mass is 10.1. The van der Waals surface area contributed by atoms with E-state index in [-0.39, 0.29) is 42.8 Å². The van der Waals surface area contributed by atoms with Gasteiger partial charge in [-0.25, -0.2) is 0 Å². The average molecular weight is 612 g/mol. The van der Waals surface area contributed by atoms with Crippen LogP contribution in [-0.4, -0.2) is 96.9 Å². The number of ketones is 2. The molecule has 0 heterocycles. The van der Waals surface area contributed by atoms with Crippen molar-refractivity contribution in [3.8, 4) is 23.0 Å². The maximum absolute atomic E-state index is 12.4. The Morgan fingerprint density at radius 2 is 1.15 bits per heavy atom. The van der Waals surface area contributed by atoms with Crippen LogP contribution in [0.15, 0.2) is 48.6 Å². The molecule has 228 valence electrons. The number of methoxy groups -OCH3 is 2. The highest BCUT2D eigenvalue weighted by Gasteiger charge is 2.12. The second-order valence-electron chi connectivity index (χ2n) is 11.4. The largest absolute Gasteiger partial charge is 1.00 e. The van der Waals surface area contributed by atoms with Gasteiger partial charge in [-0.05, 0) is 47.5 Å². The van der Waals surface area contributed by atoms with Crippen molar-refractivity contribution in [3.05, 3.63) is 59.7 Å². The predicted molar refractivity (Wildman–Crippen MR) is 155 cm³/mol. The molecule has 0 bridgehead atoms. The van der Waals surface area contributed by atoms with Gasteiger partial charge < -0.3 is 48.2 Å². The summed E-state index contributed by atoms with van der Waals surface area (Å²) in [5, 5.41) is 0. The first-order valence-electron chi connectivity index (χ1n) is 12.9. The van der Waals surface area contributed by atoms with Crippen LogP contribution in [0.4, 0.5) is 0 Å². The fourth-order valence-corrected chi connectivity index (χ4v) is 3.47. The summed E-state index contributed by atoms with van der Waals surface area (Å²) in [6.07, 6.45) is 6.85. The summed E-state index contributed by atoms with van der Waals surface area (Å²) in [4.78, 5) is 24.7. The van der Waals surface area contributed by atoms with Crippen LogP contribution >= 0.6 is 0 Å². The highest BCUT2D eigenvalue weighted by atomic mass is 35.5. The van der Waals surface area contributed by atoms with E-state index in [1.807, 2.05) is 51.5 Å². The van der Waals surface area contributed by atoms with E-state index in [9.17, 15) is 9.59 Å². The molecule has 0 aliphatic rings. The Morgan fingerprint density at radius 1 is 0.683 bits per heavy atom. The second-order valence-corrected chi connectivity index (χ2v) is 11.4. The number of ether oxygens (including phenoxy) is 4. The van der Waals surface area contributed by atoms with Crippen LogP contribution in [0.25, 0.3) is 12.2 Å². The second kappa shape index (κ2) is 17.7. The van der Waals surface area contributed by atoms with E-state index in [1.54, 1.807) is 32.4 Å². The van der Waals surface area contributed by atoms with E-state index < -0.39 is 0 Å². The van der Waals surface area contributed by atoms with Crippen LogP contribution in [0.2, 0.25) is 0 Å². The van der Waals surface area contributed by atoms with Gasteiger partial charge in [-0.15, -0.1) is 0 Å². The number of rotatable bonds is 16. The Bertz CT molecular complexity index is 1180. The molecule has 0 radical (unpaired) electrons. The standard InChI is InChI=1S/C31H44N2O6.2ClH/c1-32(2,3)18-9-19-38-28-16-12-24(20-30(28)36-7)10-14-26(34)22-27(35)15-11-25-13-17-29(31(21-25)37-8)39-23-33(4,5)6;;/h10-17,20-21H,9,18-19,22-23H2,1-8H3;2*1H/q+2;;/p-2/b14-10+,15-11+;;. The minimum atomic E-state index is -0.288. The molecule has 0 fully saturated rings. The van der Waals surface area contributed by atoms with Gasteiger partial charge in [-0.3, -0.25) is 14.1 Å². The van der Waals surface area contributed by atoms with Crippen molar-refractivity contribution in [2.24, 2.45) is 0 Å². The van der Waals surface area contributed by atoms with Gasteiger partial charge in [0.2, 0.25) is 6.73 Å². The van der Waals surface area contributed by atoms with E-state index in [0.717, 1.165) is 28.6 Å². The molecule has 2 aromatic carbocycles. The SMILES string of the molecule is COc1cc(/C=C/C(=O)CC(=O)/C=C/c2ccc(OC[N+](C)(C)C)c(OC)c2)ccc1OCCC[N+](C)(C)C.[Cl-].[Cl-]. The van der Waals surface area contributed by atoms with Crippen molar-refractivity contribution in [3.63, 3.8) is 0 Å². The molecule has 0 unspecified atom stereocenters. The Kier molecular flexibility index (Phi) is 16.4. The number of halogens is 2. The molecule has 8 nitrogen and oxygen atoms in total. The number of quaternary nitrogens is 2. The van der Waals surface area contributed by atoms with E-state index in [0.29, 0.717) is 40.8 Å². The number of nitrogens with zero attached hydrogens (tertiary/aromatic N) is 2. The molecule has 0 aliphatic heterocycles. The summed E-state index contributed by atoms with van der Waals surface area (Å²) in [7, 11) is 15.7. The zero-order chi connectivity index (χ0) is 29.1. The summed E-state index contributed by atoms with van der Waals surface area (Å²) in [6, 6.07) is 10.9. The van der Waals surface area contributed by atoms with Crippen LogP contribution in [0.3, 0.4) is 0 Å². The zero-order valence-electron chi connectivity index (χ0n) is 25.4. The van der Waals surface area contributed by atoms with E-state index >= 15 is 0 Å². The molecule has 0 aliphatic carbocycles. The van der Waals surface area contributed by atoms with Gasteiger partial charge in [0.1, 0.15) is 0 Å². The third-order valence-corrected chi connectivity index (χ3v) is 5.49. The molecule has 0 saturated carbocycles. The maximum atomic E-state index is 12.4.